The van der Waals surface area contributed by atoms with Gasteiger partial charge in [0.15, 0.2) is 0 Å². The molecule has 1 unspecified atom stereocenters. The molecule has 1 atom stereocenters. The lowest BCUT2D eigenvalue weighted by atomic mass is 9.73. The van der Waals surface area contributed by atoms with Crippen LogP contribution in [0.1, 0.15) is 26.7 Å². The minimum atomic E-state index is 0.308. The van der Waals surface area contributed by atoms with Crippen molar-refractivity contribution in [2.75, 3.05) is 0 Å². The van der Waals surface area contributed by atoms with E-state index in [-0.39, 0.29) is 0 Å². The van der Waals surface area contributed by atoms with Crippen molar-refractivity contribution in [2.24, 2.45) is 11.3 Å². The van der Waals surface area contributed by atoms with Crippen LogP contribution in [-0.4, -0.2) is 0 Å². The van der Waals surface area contributed by atoms with Gasteiger partial charge in [0.05, 0.1) is 0 Å². The van der Waals surface area contributed by atoms with Crippen LogP contribution in [0.4, 0.5) is 0 Å². The Hall–Kier alpha value is -0.740. The van der Waals surface area contributed by atoms with E-state index in [0.29, 0.717) is 11.3 Å². The summed E-state index contributed by atoms with van der Waals surface area (Å²) in [5.74, 6) is 0.630. The Morgan fingerprint density at radius 1 is 1.64 bits per heavy atom. The predicted octanol–water partition coefficient (Wildman–Crippen LogP) is 3.32. The van der Waals surface area contributed by atoms with E-state index >= 15 is 0 Å². The van der Waals surface area contributed by atoms with Gasteiger partial charge in [-0.3, -0.25) is 0 Å². The van der Waals surface area contributed by atoms with E-state index in [2.05, 4.69) is 44.4 Å². The van der Waals surface area contributed by atoms with Gasteiger partial charge in [-0.15, -0.1) is 5.73 Å². The largest absolute Gasteiger partial charge is 0.133 e. The molecule has 0 saturated heterocycles. The Morgan fingerprint density at radius 3 is 2.91 bits per heavy atom. The third kappa shape index (κ3) is 1.85. The molecule has 0 radical (unpaired) electrons. The zero-order valence-electron chi connectivity index (χ0n) is 7.43. The molecule has 0 aliphatic heterocycles. The fraction of sp³-hybridized carbons (Fsp3) is 0.545. The molecule has 0 N–H and O–H groups in total. The normalized spacial score (nSPS) is 27.6. The molecule has 1 aliphatic carbocycles. The summed E-state index contributed by atoms with van der Waals surface area (Å²) in [6, 6.07) is 0. The standard InChI is InChI=1S/C11H16/c1-4-7-10-8-5-6-9-11(10,2)3/h6-7,9-10H,1,5,8H2,2-3H3. The summed E-state index contributed by atoms with van der Waals surface area (Å²) in [6.07, 6.45) is 9.12. The van der Waals surface area contributed by atoms with Gasteiger partial charge in [0.2, 0.25) is 0 Å². The van der Waals surface area contributed by atoms with Crippen molar-refractivity contribution in [3.8, 4) is 0 Å². The molecule has 1 aliphatic rings. The van der Waals surface area contributed by atoms with Crippen molar-refractivity contribution < 1.29 is 0 Å². The van der Waals surface area contributed by atoms with E-state index in [1.807, 2.05) is 0 Å². The number of hydrogen-bond acceptors (Lipinski definition) is 0. The average Bonchev–Trinajstić information content (AvgIpc) is 1.94. The molecule has 0 heteroatoms. The van der Waals surface area contributed by atoms with E-state index in [1.165, 1.54) is 12.8 Å². The van der Waals surface area contributed by atoms with Crippen molar-refractivity contribution in [3.05, 3.63) is 30.5 Å². The van der Waals surface area contributed by atoms with E-state index in [4.69, 9.17) is 0 Å². The SMILES string of the molecule is C=C=CC1CCC=CC1(C)C. The highest BCUT2D eigenvalue weighted by Gasteiger charge is 2.26. The zero-order chi connectivity index (χ0) is 8.32. The Morgan fingerprint density at radius 2 is 2.36 bits per heavy atom. The molecule has 0 fully saturated rings. The maximum Gasteiger partial charge on any atom is -0.00688 e. The van der Waals surface area contributed by atoms with Crippen molar-refractivity contribution in [2.45, 2.75) is 26.7 Å². The molecule has 0 spiro atoms. The number of allylic oxidation sites excluding steroid dienone is 3. The maximum atomic E-state index is 3.62. The van der Waals surface area contributed by atoms with Gasteiger partial charge in [-0.1, -0.05) is 32.6 Å². The third-order valence-corrected chi connectivity index (χ3v) is 2.47. The Bertz CT molecular complexity index is 202. The first kappa shape index (κ1) is 8.36. The molecular formula is C11H16. The van der Waals surface area contributed by atoms with Crippen LogP contribution in [0, 0.1) is 11.3 Å². The predicted molar refractivity (Wildman–Crippen MR) is 49.4 cm³/mol. The summed E-state index contributed by atoms with van der Waals surface area (Å²) in [6.45, 7) is 8.15. The van der Waals surface area contributed by atoms with E-state index in [1.54, 1.807) is 0 Å². The minimum absolute atomic E-state index is 0.308. The van der Waals surface area contributed by atoms with E-state index < -0.39 is 0 Å². The van der Waals surface area contributed by atoms with Crippen LogP contribution in [0.3, 0.4) is 0 Å². The first-order chi connectivity index (χ1) is 5.17. The lowest BCUT2D eigenvalue weighted by Crippen LogP contribution is -2.22. The molecular weight excluding hydrogens is 132 g/mol. The second-order valence-electron chi connectivity index (χ2n) is 3.78. The molecule has 60 valence electrons. The monoisotopic (exact) mass is 148 g/mol. The Labute approximate surface area is 69.3 Å². The van der Waals surface area contributed by atoms with Crippen LogP contribution in [0.25, 0.3) is 0 Å². The Kier molecular flexibility index (Phi) is 2.36. The summed E-state index contributed by atoms with van der Waals surface area (Å²) >= 11 is 0. The second kappa shape index (κ2) is 3.11. The molecule has 0 saturated carbocycles. The highest BCUT2D eigenvalue weighted by Crippen LogP contribution is 2.36. The molecule has 1 rings (SSSR count). The van der Waals surface area contributed by atoms with Crippen LogP contribution in [0.5, 0.6) is 0 Å². The van der Waals surface area contributed by atoms with E-state index in [9.17, 15) is 0 Å². The average molecular weight is 148 g/mol. The molecule has 0 amide bonds. The fourth-order valence-electron chi connectivity index (χ4n) is 1.60. The third-order valence-electron chi connectivity index (χ3n) is 2.47. The molecule has 0 nitrogen and oxygen atoms in total. The molecule has 0 aromatic heterocycles. The molecule has 11 heavy (non-hydrogen) atoms. The van der Waals surface area contributed by atoms with Crippen molar-refractivity contribution >= 4 is 0 Å². The molecule has 0 bridgehead atoms. The first-order valence-corrected chi connectivity index (χ1v) is 4.20. The van der Waals surface area contributed by atoms with Crippen molar-refractivity contribution in [1.82, 2.24) is 0 Å². The van der Waals surface area contributed by atoms with Crippen LogP contribution in [-0.2, 0) is 0 Å². The van der Waals surface area contributed by atoms with Gasteiger partial charge in [0, 0.05) is 0 Å². The summed E-state index contributed by atoms with van der Waals surface area (Å²) in [5, 5.41) is 0. The van der Waals surface area contributed by atoms with Gasteiger partial charge in [-0.05, 0) is 30.3 Å². The van der Waals surface area contributed by atoms with Crippen LogP contribution >= 0.6 is 0 Å². The lowest BCUT2D eigenvalue weighted by Gasteiger charge is -2.31. The van der Waals surface area contributed by atoms with Gasteiger partial charge in [0.1, 0.15) is 0 Å². The molecule has 0 heterocycles. The van der Waals surface area contributed by atoms with E-state index in [0.717, 1.165) is 0 Å². The lowest BCUT2D eigenvalue weighted by molar-refractivity contribution is 0.311. The topological polar surface area (TPSA) is 0 Å². The maximum absolute atomic E-state index is 3.62. The van der Waals surface area contributed by atoms with Crippen molar-refractivity contribution in [3.63, 3.8) is 0 Å². The van der Waals surface area contributed by atoms with Crippen LogP contribution in [0.2, 0.25) is 0 Å². The fourth-order valence-corrected chi connectivity index (χ4v) is 1.60. The molecule has 0 aromatic carbocycles. The van der Waals surface area contributed by atoms with Gasteiger partial charge < -0.3 is 0 Å². The van der Waals surface area contributed by atoms with Gasteiger partial charge in [0.25, 0.3) is 0 Å². The van der Waals surface area contributed by atoms with Crippen molar-refractivity contribution in [1.29, 1.82) is 0 Å². The first-order valence-electron chi connectivity index (χ1n) is 4.20. The van der Waals surface area contributed by atoms with Gasteiger partial charge in [-0.2, -0.15) is 0 Å². The summed E-state index contributed by atoms with van der Waals surface area (Å²) in [4.78, 5) is 0. The van der Waals surface area contributed by atoms with Gasteiger partial charge >= 0.3 is 0 Å². The summed E-state index contributed by atoms with van der Waals surface area (Å²) in [5.41, 5.74) is 3.19. The highest BCUT2D eigenvalue weighted by molar-refractivity contribution is 5.08. The summed E-state index contributed by atoms with van der Waals surface area (Å²) in [7, 11) is 0. The quantitative estimate of drug-likeness (QED) is 0.395. The second-order valence-corrected chi connectivity index (χ2v) is 3.78. The summed E-state index contributed by atoms with van der Waals surface area (Å²) < 4.78 is 0. The zero-order valence-corrected chi connectivity index (χ0v) is 7.43. The van der Waals surface area contributed by atoms with Crippen LogP contribution in [0.15, 0.2) is 30.5 Å². The minimum Gasteiger partial charge on any atom is -0.133 e. The number of hydrogen-bond donors (Lipinski definition) is 0. The Balaban J connectivity index is 2.80. The molecule has 0 aromatic rings. The smallest absolute Gasteiger partial charge is 0.00688 e. The van der Waals surface area contributed by atoms with Gasteiger partial charge in [-0.25, -0.2) is 0 Å². The highest BCUT2D eigenvalue weighted by atomic mass is 14.3. The van der Waals surface area contributed by atoms with Crippen LogP contribution < -0.4 is 0 Å². The number of rotatable bonds is 1.